The maximum Gasteiger partial charge on any atom is 0.326 e. The Kier molecular flexibility index (Phi) is 5.94. The Bertz CT molecular complexity index is 508. The summed E-state index contributed by atoms with van der Waals surface area (Å²) in [5.74, 6) is -1.49. The smallest absolute Gasteiger partial charge is 0.326 e. The summed E-state index contributed by atoms with van der Waals surface area (Å²) in [5.41, 5.74) is 0.247. The van der Waals surface area contributed by atoms with E-state index in [2.05, 4.69) is 26.6 Å². The van der Waals surface area contributed by atoms with Crippen LogP contribution in [0.1, 0.15) is 20.3 Å². The molecule has 0 bridgehead atoms. The molecule has 110 valence electrons. The van der Waals surface area contributed by atoms with Crippen LogP contribution in [0.25, 0.3) is 0 Å². The summed E-state index contributed by atoms with van der Waals surface area (Å²) in [5, 5.41) is 13.7. The van der Waals surface area contributed by atoms with Crippen LogP contribution in [-0.4, -0.2) is 23.1 Å². The van der Waals surface area contributed by atoms with E-state index in [4.69, 9.17) is 5.11 Å². The molecule has 1 aromatic carbocycles. The van der Waals surface area contributed by atoms with Gasteiger partial charge in [-0.1, -0.05) is 13.8 Å². The van der Waals surface area contributed by atoms with Crippen molar-refractivity contribution in [2.24, 2.45) is 5.92 Å². The first kappa shape index (κ1) is 16.4. The molecule has 0 aliphatic rings. The molecular formula is C13H16BrFN2O3. The molecular weight excluding hydrogens is 331 g/mol. The zero-order chi connectivity index (χ0) is 15.3. The van der Waals surface area contributed by atoms with E-state index in [1.807, 2.05) is 13.8 Å². The first-order valence-corrected chi connectivity index (χ1v) is 6.84. The number of carbonyl (C=O) groups excluding carboxylic acids is 1. The highest BCUT2D eigenvalue weighted by molar-refractivity contribution is 9.10. The number of hydrogen-bond acceptors (Lipinski definition) is 2. The Morgan fingerprint density at radius 3 is 2.55 bits per heavy atom. The summed E-state index contributed by atoms with van der Waals surface area (Å²) in [4.78, 5) is 22.7. The number of halogens is 2. The van der Waals surface area contributed by atoms with Crippen molar-refractivity contribution >= 4 is 33.6 Å². The predicted molar refractivity (Wildman–Crippen MR) is 77.1 cm³/mol. The Hall–Kier alpha value is -1.63. The van der Waals surface area contributed by atoms with Gasteiger partial charge in [0.2, 0.25) is 0 Å². The van der Waals surface area contributed by atoms with E-state index < -0.39 is 23.9 Å². The molecule has 0 unspecified atom stereocenters. The van der Waals surface area contributed by atoms with Gasteiger partial charge >= 0.3 is 12.0 Å². The van der Waals surface area contributed by atoms with Crippen LogP contribution < -0.4 is 10.6 Å². The summed E-state index contributed by atoms with van der Waals surface area (Å²) in [6.45, 7) is 3.72. The van der Waals surface area contributed by atoms with Crippen LogP contribution in [0.15, 0.2) is 22.7 Å². The maximum absolute atomic E-state index is 13.3. The molecule has 0 heterocycles. The first-order valence-electron chi connectivity index (χ1n) is 6.05. The molecule has 0 saturated carbocycles. The number of carboxylic acids is 1. The van der Waals surface area contributed by atoms with Gasteiger partial charge in [-0.25, -0.2) is 14.0 Å². The van der Waals surface area contributed by atoms with Gasteiger partial charge in [-0.15, -0.1) is 0 Å². The standard InChI is InChI=1S/C13H16BrFN2O3/c1-7(2)5-11(12(18)19)17-13(20)16-8-3-4-9(14)10(15)6-8/h3-4,6-7,11H,5H2,1-2H3,(H,18,19)(H2,16,17,20)/t11-/m1/s1. The fraction of sp³-hybridized carbons (Fsp3) is 0.385. The van der Waals surface area contributed by atoms with Gasteiger partial charge in [-0.05, 0) is 46.5 Å². The zero-order valence-corrected chi connectivity index (χ0v) is 12.7. The third-order valence-electron chi connectivity index (χ3n) is 2.49. The zero-order valence-electron chi connectivity index (χ0n) is 11.1. The SMILES string of the molecule is CC(C)C[C@@H](NC(=O)Nc1ccc(Br)c(F)c1)C(=O)O. The summed E-state index contributed by atoms with van der Waals surface area (Å²) in [6, 6.07) is 2.44. The van der Waals surface area contributed by atoms with Crippen LogP contribution in [0.4, 0.5) is 14.9 Å². The number of aliphatic carboxylic acids is 1. The van der Waals surface area contributed by atoms with Gasteiger partial charge in [-0.2, -0.15) is 0 Å². The van der Waals surface area contributed by atoms with Crippen LogP contribution in [0.2, 0.25) is 0 Å². The van der Waals surface area contributed by atoms with Gasteiger partial charge in [0.05, 0.1) is 4.47 Å². The highest BCUT2D eigenvalue weighted by Crippen LogP contribution is 2.19. The monoisotopic (exact) mass is 346 g/mol. The number of nitrogens with one attached hydrogen (secondary N) is 2. The molecule has 0 aliphatic carbocycles. The molecule has 5 nitrogen and oxygen atoms in total. The van der Waals surface area contributed by atoms with Crippen molar-refractivity contribution < 1.29 is 19.1 Å². The second-order valence-corrected chi connectivity index (χ2v) is 5.60. The molecule has 0 saturated heterocycles. The minimum atomic E-state index is -1.10. The van der Waals surface area contributed by atoms with Gasteiger partial charge < -0.3 is 15.7 Å². The molecule has 3 N–H and O–H groups in total. The van der Waals surface area contributed by atoms with E-state index >= 15 is 0 Å². The summed E-state index contributed by atoms with van der Waals surface area (Å²) >= 11 is 3.00. The quantitative estimate of drug-likeness (QED) is 0.765. The van der Waals surface area contributed by atoms with E-state index in [-0.39, 0.29) is 16.1 Å². The average molecular weight is 347 g/mol. The summed E-state index contributed by atoms with van der Waals surface area (Å²) in [6.07, 6.45) is 0.317. The van der Waals surface area contributed by atoms with Crippen LogP contribution in [0.5, 0.6) is 0 Å². The molecule has 1 atom stereocenters. The Morgan fingerprint density at radius 1 is 1.40 bits per heavy atom. The predicted octanol–water partition coefficient (Wildman–Crippen LogP) is 3.21. The number of carbonyl (C=O) groups is 2. The molecule has 20 heavy (non-hydrogen) atoms. The Balaban J connectivity index is 2.65. The number of hydrogen-bond donors (Lipinski definition) is 3. The van der Waals surface area contributed by atoms with Gasteiger partial charge in [0, 0.05) is 5.69 Å². The van der Waals surface area contributed by atoms with E-state index in [1.165, 1.54) is 12.1 Å². The fourth-order valence-electron chi connectivity index (χ4n) is 1.59. The second kappa shape index (κ2) is 7.23. The van der Waals surface area contributed by atoms with E-state index in [0.717, 1.165) is 6.07 Å². The molecule has 0 aromatic heterocycles. The largest absolute Gasteiger partial charge is 0.480 e. The lowest BCUT2D eigenvalue weighted by atomic mass is 10.0. The van der Waals surface area contributed by atoms with Crippen molar-refractivity contribution in [1.29, 1.82) is 0 Å². The van der Waals surface area contributed by atoms with Crippen molar-refractivity contribution in [2.75, 3.05) is 5.32 Å². The third-order valence-corrected chi connectivity index (χ3v) is 3.13. The maximum atomic E-state index is 13.3. The van der Waals surface area contributed by atoms with Crippen molar-refractivity contribution in [2.45, 2.75) is 26.3 Å². The number of anilines is 1. The molecule has 2 amide bonds. The average Bonchev–Trinajstić information content (AvgIpc) is 2.32. The van der Waals surface area contributed by atoms with Gasteiger partial charge in [0.1, 0.15) is 11.9 Å². The van der Waals surface area contributed by atoms with Crippen molar-refractivity contribution in [3.8, 4) is 0 Å². The number of benzene rings is 1. The molecule has 0 radical (unpaired) electrons. The first-order chi connectivity index (χ1) is 9.29. The van der Waals surface area contributed by atoms with Gasteiger partial charge in [-0.3, -0.25) is 0 Å². The molecule has 1 aromatic rings. The topological polar surface area (TPSA) is 78.4 Å². The lowest BCUT2D eigenvalue weighted by molar-refractivity contribution is -0.139. The highest BCUT2D eigenvalue weighted by atomic mass is 79.9. The minimum Gasteiger partial charge on any atom is -0.480 e. The van der Waals surface area contributed by atoms with Gasteiger partial charge in [0.15, 0.2) is 0 Å². The summed E-state index contributed by atoms with van der Waals surface area (Å²) < 4.78 is 13.6. The fourth-order valence-corrected chi connectivity index (χ4v) is 1.84. The van der Waals surface area contributed by atoms with E-state index in [9.17, 15) is 14.0 Å². The molecule has 1 rings (SSSR count). The van der Waals surface area contributed by atoms with E-state index in [1.54, 1.807) is 0 Å². The normalized spacial score (nSPS) is 12.1. The van der Waals surface area contributed by atoms with Crippen LogP contribution in [0.3, 0.4) is 0 Å². The Morgan fingerprint density at radius 2 is 2.05 bits per heavy atom. The number of urea groups is 1. The molecule has 0 spiro atoms. The van der Waals surface area contributed by atoms with Crippen molar-refractivity contribution in [3.63, 3.8) is 0 Å². The van der Waals surface area contributed by atoms with Crippen LogP contribution >= 0.6 is 15.9 Å². The minimum absolute atomic E-state index is 0.126. The number of carboxylic acid groups (broad SMARTS) is 1. The molecule has 0 aliphatic heterocycles. The Labute approximate surface area is 124 Å². The molecule has 7 heteroatoms. The van der Waals surface area contributed by atoms with Crippen molar-refractivity contribution in [3.05, 3.63) is 28.5 Å². The van der Waals surface area contributed by atoms with Crippen LogP contribution in [-0.2, 0) is 4.79 Å². The lowest BCUT2D eigenvalue weighted by Gasteiger charge is -2.17. The molecule has 0 fully saturated rings. The van der Waals surface area contributed by atoms with Gasteiger partial charge in [0.25, 0.3) is 0 Å². The van der Waals surface area contributed by atoms with Crippen LogP contribution in [0, 0.1) is 11.7 Å². The summed E-state index contributed by atoms with van der Waals surface area (Å²) in [7, 11) is 0. The second-order valence-electron chi connectivity index (χ2n) is 4.75. The highest BCUT2D eigenvalue weighted by Gasteiger charge is 2.21. The van der Waals surface area contributed by atoms with E-state index in [0.29, 0.717) is 6.42 Å². The lowest BCUT2D eigenvalue weighted by Crippen LogP contribution is -2.43. The van der Waals surface area contributed by atoms with Crippen molar-refractivity contribution in [1.82, 2.24) is 5.32 Å². The third kappa shape index (κ3) is 5.16. The number of rotatable bonds is 5. The number of amides is 2.